The van der Waals surface area contributed by atoms with E-state index in [0.717, 1.165) is 66.6 Å². The second-order valence-electron chi connectivity index (χ2n) is 7.62. The van der Waals surface area contributed by atoms with Crippen molar-refractivity contribution in [2.75, 3.05) is 11.9 Å². The van der Waals surface area contributed by atoms with E-state index in [0.29, 0.717) is 17.3 Å². The molecule has 2 heterocycles. The van der Waals surface area contributed by atoms with Crippen molar-refractivity contribution in [1.82, 2.24) is 10.6 Å². The number of halogens is 1. The summed E-state index contributed by atoms with van der Waals surface area (Å²) in [5, 5.41) is 11.2. The van der Waals surface area contributed by atoms with Gasteiger partial charge in [-0.25, -0.2) is 0 Å². The van der Waals surface area contributed by atoms with Gasteiger partial charge in [-0.15, -0.1) is 0 Å². The maximum absolute atomic E-state index is 12.5. The van der Waals surface area contributed by atoms with Gasteiger partial charge in [-0.2, -0.15) is 0 Å². The Bertz CT molecular complexity index is 896. The molecule has 0 radical (unpaired) electrons. The van der Waals surface area contributed by atoms with Crippen LogP contribution in [-0.2, 0) is 5.54 Å². The minimum atomic E-state index is -0.243. The van der Waals surface area contributed by atoms with Crippen LogP contribution in [0.4, 0.5) is 5.69 Å². The topological polar surface area (TPSA) is 66.3 Å². The highest BCUT2D eigenvalue weighted by atomic mass is 35.5. The zero-order valence-electron chi connectivity index (χ0n) is 15.7. The molecule has 1 saturated carbocycles. The van der Waals surface area contributed by atoms with E-state index in [1.54, 1.807) is 6.07 Å². The monoisotopic (exact) mass is 387 g/mol. The van der Waals surface area contributed by atoms with E-state index in [1.165, 1.54) is 6.42 Å². The fraction of sp³-hybridized carbons (Fsp3) is 0.476. The number of carbonyl (C=O) groups excluding carboxylic acids is 1. The Morgan fingerprint density at radius 3 is 2.85 bits per heavy atom. The summed E-state index contributed by atoms with van der Waals surface area (Å²) in [5.74, 6) is 0.916. The van der Waals surface area contributed by atoms with Crippen LogP contribution in [0.3, 0.4) is 0 Å². The number of unbranched alkanes of at least 4 members (excludes halogenated alkanes) is 1. The molecular weight excluding hydrogens is 362 g/mol. The van der Waals surface area contributed by atoms with E-state index in [4.69, 9.17) is 16.0 Å². The zero-order chi connectivity index (χ0) is 19.0. The van der Waals surface area contributed by atoms with E-state index in [2.05, 4.69) is 29.5 Å². The summed E-state index contributed by atoms with van der Waals surface area (Å²) < 4.78 is 6.10. The van der Waals surface area contributed by atoms with E-state index in [1.807, 2.05) is 6.07 Å². The second kappa shape index (κ2) is 7.12. The van der Waals surface area contributed by atoms with Crippen LogP contribution in [-0.4, -0.2) is 12.5 Å². The van der Waals surface area contributed by atoms with Gasteiger partial charge in [0.25, 0.3) is 5.91 Å². The Morgan fingerprint density at radius 2 is 2.11 bits per heavy atom. The average molecular weight is 388 g/mol. The summed E-state index contributed by atoms with van der Waals surface area (Å²) >= 11 is 6.61. The Hall–Kier alpha value is -2.14. The second-order valence-corrected chi connectivity index (χ2v) is 8.03. The maximum Gasteiger partial charge on any atom is 0.287 e. The highest BCUT2D eigenvalue weighted by Crippen LogP contribution is 2.49. The molecule has 2 aromatic rings. The number of carbonyl (C=O) groups is 1. The van der Waals surface area contributed by atoms with Crippen molar-refractivity contribution in [3.63, 3.8) is 0 Å². The smallest absolute Gasteiger partial charge is 0.287 e. The lowest BCUT2D eigenvalue weighted by molar-refractivity contribution is 0.0927. The van der Waals surface area contributed by atoms with Crippen LogP contribution in [0.15, 0.2) is 28.9 Å². The van der Waals surface area contributed by atoms with Gasteiger partial charge in [-0.1, -0.05) is 50.8 Å². The van der Waals surface area contributed by atoms with Gasteiger partial charge in [0.1, 0.15) is 5.58 Å². The molecule has 0 atom stereocenters. The SMILES string of the molecule is C=C1Nc2c(Cl)cc3cc(C(=O)NCCCC)oc3c2C2(CCCCC2)N1. The van der Waals surface area contributed by atoms with Crippen molar-refractivity contribution in [1.29, 1.82) is 0 Å². The molecule has 27 heavy (non-hydrogen) atoms. The normalized spacial score (nSPS) is 18.1. The number of furan rings is 1. The molecule has 1 aromatic heterocycles. The number of benzene rings is 1. The first kappa shape index (κ1) is 18.2. The zero-order valence-corrected chi connectivity index (χ0v) is 16.5. The number of amides is 1. The number of nitrogens with one attached hydrogen (secondary N) is 3. The van der Waals surface area contributed by atoms with Gasteiger partial charge in [-0.3, -0.25) is 4.79 Å². The van der Waals surface area contributed by atoms with Crippen LogP contribution in [0, 0.1) is 0 Å². The van der Waals surface area contributed by atoms with Crippen molar-refractivity contribution >= 4 is 34.2 Å². The number of rotatable bonds is 4. The number of fused-ring (bicyclic) bond motifs is 4. The minimum Gasteiger partial charge on any atom is -0.450 e. The predicted octanol–water partition coefficient (Wildman–Crippen LogP) is 5.26. The molecule has 4 rings (SSSR count). The third-order valence-corrected chi connectivity index (χ3v) is 5.95. The van der Waals surface area contributed by atoms with Gasteiger partial charge >= 0.3 is 0 Å². The number of hydrogen-bond acceptors (Lipinski definition) is 4. The molecule has 0 unspecified atom stereocenters. The highest BCUT2D eigenvalue weighted by Gasteiger charge is 2.42. The third kappa shape index (κ3) is 3.18. The summed E-state index contributed by atoms with van der Waals surface area (Å²) in [5.41, 5.74) is 2.38. The molecule has 0 saturated heterocycles. The quantitative estimate of drug-likeness (QED) is 0.626. The van der Waals surface area contributed by atoms with Crippen LogP contribution >= 0.6 is 11.6 Å². The Kier molecular flexibility index (Phi) is 4.81. The number of anilines is 1. The molecule has 1 amide bonds. The molecule has 1 spiro atoms. The maximum atomic E-state index is 12.5. The first-order chi connectivity index (χ1) is 13.0. The lowest BCUT2D eigenvalue weighted by Gasteiger charge is -2.44. The van der Waals surface area contributed by atoms with Crippen LogP contribution in [0.25, 0.3) is 11.0 Å². The molecule has 1 aliphatic carbocycles. The minimum absolute atomic E-state index is 0.177. The van der Waals surface area contributed by atoms with Gasteiger partial charge in [-0.05, 0) is 31.4 Å². The van der Waals surface area contributed by atoms with Gasteiger partial charge in [0.05, 0.1) is 22.1 Å². The third-order valence-electron chi connectivity index (χ3n) is 5.65. The van der Waals surface area contributed by atoms with Crippen LogP contribution < -0.4 is 16.0 Å². The molecule has 1 aromatic carbocycles. The summed E-state index contributed by atoms with van der Waals surface area (Å²) in [6.07, 6.45) is 7.48. The average Bonchev–Trinajstić information content (AvgIpc) is 3.06. The van der Waals surface area contributed by atoms with E-state index in [9.17, 15) is 4.79 Å². The highest BCUT2D eigenvalue weighted by molar-refractivity contribution is 6.34. The van der Waals surface area contributed by atoms with Crippen LogP contribution in [0.5, 0.6) is 0 Å². The molecule has 1 aliphatic heterocycles. The first-order valence-corrected chi connectivity index (χ1v) is 10.2. The largest absolute Gasteiger partial charge is 0.450 e. The Labute approximate surface area is 164 Å². The van der Waals surface area contributed by atoms with E-state index >= 15 is 0 Å². The van der Waals surface area contributed by atoms with Gasteiger partial charge in [0.2, 0.25) is 0 Å². The molecule has 6 heteroatoms. The van der Waals surface area contributed by atoms with Gasteiger partial charge < -0.3 is 20.4 Å². The van der Waals surface area contributed by atoms with Crippen molar-refractivity contribution in [2.24, 2.45) is 0 Å². The molecule has 3 N–H and O–H groups in total. The predicted molar refractivity (Wildman–Crippen MR) is 109 cm³/mol. The lowest BCUT2D eigenvalue weighted by atomic mass is 9.74. The Morgan fingerprint density at radius 1 is 1.33 bits per heavy atom. The summed E-state index contributed by atoms with van der Waals surface area (Å²) in [6, 6.07) is 3.66. The molecular formula is C21H26ClN3O2. The van der Waals surface area contributed by atoms with E-state index in [-0.39, 0.29) is 11.4 Å². The lowest BCUT2D eigenvalue weighted by Crippen LogP contribution is -2.48. The van der Waals surface area contributed by atoms with Gasteiger partial charge in [0.15, 0.2) is 5.76 Å². The molecule has 1 fully saturated rings. The molecule has 2 aliphatic rings. The molecule has 144 valence electrons. The molecule has 0 bridgehead atoms. The fourth-order valence-electron chi connectivity index (χ4n) is 4.37. The van der Waals surface area contributed by atoms with Crippen LogP contribution in [0.2, 0.25) is 5.02 Å². The number of hydrogen-bond donors (Lipinski definition) is 3. The van der Waals surface area contributed by atoms with E-state index < -0.39 is 0 Å². The first-order valence-electron chi connectivity index (χ1n) is 9.83. The Balaban J connectivity index is 1.82. The fourth-order valence-corrected chi connectivity index (χ4v) is 4.63. The summed E-state index contributed by atoms with van der Waals surface area (Å²) in [4.78, 5) is 12.5. The summed E-state index contributed by atoms with van der Waals surface area (Å²) in [6.45, 7) is 6.83. The van der Waals surface area contributed by atoms with Crippen LogP contribution in [0.1, 0.15) is 68.0 Å². The van der Waals surface area contributed by atoms with Crippen molar-refractivity contribution < 1.29 is 9.21 Å². The van der Waals surface area contributed by atoms with Gasteiger partial charge in [0, 0.05) is 17.5 Å². The van der Waals surface area contributed by atoms with Crippen molar-refractivity contribution in [3.8, 4) is 0 Å². The van der Waals surface area contributed by atoms with Crippen molar-refractivity contribution in [3.05, 3.63) is 40.9 Å². The van der Waals surface area contributed by atoms with Crippen molar-refractivity contribution in [2.45, 2.75) is 57.4 Å². The summed E-state index contributed by atoms with van der Waals surface area (Å²) in [7, 11) is 0. The molecule has 5 nitrogen and oxygen atoms in total. The standard InChI is InChI=1S/C21H26ClN3O2/c1-3-4-10-23-20(26)16-12-14-11-15(22)18-17(19(14)27-16)21(25-13(2)24-18)8-6-5-7-9-21/h11-12,24-25H,2-10H2,1H3,(H,23,26).